The normalized spacial score (nSPS) is 12.6. The van der Waals surface area contributed by atoms with Crippen molar-refractivity contribution in [2.75, 3.05) is 0 Å². The topological polar surface area (TPSA) is 73.9 Å². The fourth-order valence-corrected chi connectivity index (χ4v) is 2.08. The summed E-state index contributed by atoms with van der Waals surface area (Å²) in [4.78, 5) is 16.7. The molecule has 0 aliphatic rings. The number of amidine groups is 1. The minimum absolute atomic E-state index is 0.0980. The van der Waals surface area contributed by atoms with E-state index < -0.39 is 12.1 Å². The van der Waals surface area contributed by atoms with E-state index in [9.17, 15) is 4.79 Å². The lowest BCUT2D eigenvalue weighted by Gasteiger charge is -2.12. The van der Waals surface area contributed by atoms with Gasteiger partial charge in [-0.3, -0.25) is 0 Å². The van der Waals surface area contributed by atoms with Gasteiger partial charge in [0.05, 0.1) is 0 Å². The lowest BCUT2D eigenvalue weighted by atomic mass is 10.2. The highest BCUT2D eigenvalue weighted by Crippen LogP contribution is 2.18. The zero-order chi connectivity index (χ0) is 16.8. The number of carbonyl (C=O) groups excluding carboxylic acids is 1. The average molecular weight is 398 g/mol. The fraction of sp³-hybridized carbons (Fsp3) is 0.125. The molecular weight excluding hydrogens is 384 g/mol. The summed E-state index contributed by atoms with van der Waals surface area (Å²) in [5.41, 5.74) is 6.41. The zero-order valence-corrected chi connectivity index (χ0v) is 14.5. The summed E-state index contributed by atoms with van der Waals surface area (Å²) in [5, 5.41) is 4.14. The van der Waals surface area contributed by atoms with Crippen LogP contribution < -0.4 is 10.5 Å². The molecule has 0 saturated carbocycles. The van der Waals surface area contributed by atoms with Crippen molar-refractivity contribution in [2.24, 2.45) is 10.9 Å². The third kappa shape index (κ3) is 5.26. The summed E-state index contributed by atoms with van der Waals surface area (Å²) < 4.78 is 6.35. The van der Waals surface area contributed by atoms with Crippen molar-refractivity contribution in [3.63, 3.8) is 0 Å². The van der Waals surface area contributed by atoms with Gasteiger partial charge in [0.15, 0.2) is 11.9 Å². The SMILES string of the molecule is CC(Oc1cccc(Cl)c1)C(=O)O/N=C(\N)c1ccc(Br)cc1. The molecule has 0 heterocycles. The predicted octanol–water partition coefficient (Wildman–Crippen LogP) is 3.73. The van der Waals surface area contributed by atoms with E-state index in [2.05, 4.69) is 21.1 Å². The Morgan fingerprint density at radius 1 is 1.26 bits per heavy atom. The van der Waals surface area contributed by atoms with Crippen molar-refractivity contribution in [1.82, 2.24) is 0 Å². The molecule has 1 atom stereocenters. The first-order chi connectivity index (χ1) is 11.0. The molecule has 0 aliphatic heterocycles. The average Bonchev–Trinajstić information content (AvgIpc) is 2.53. The van der Waals surface area contributed by atoms with Crippen LogP contribution in [0, 0.1) is 0 Å². The number of nitrogens with zero attached hydrogens (tertiary/aromatic N) is 1. The van der Waals surface area contributed by atoms with E-state index in [1.807, 2.05) is 12.1 Å². The van der Waals surface area contributed by atoms with Crippen LogP contribution in [0.4, 0.5) is 0 Å². The molecule has 0 aliphatic carbocycles. The van der Waals surface area contributed by atoms with E-state index in [0.29, 0.717) is 16.3 Å². The summed E-state index contributed by atoms with van der Waals surface area (Å²) in [6.07, 6.45) is -0.852. The van der Waals surface area contributed by atoms with Crippen LogP contribution in [-0.4, -0.2) is 17.9 Å². The van der Waals surface area contributed by atoms with Crippen LogP contribution in [0.1, 0.15) is 12.5 Å². The predicted molar refractivity (Wildman–Crippen MR) is 92.5 cm³/mol. The van der Waals surface area contributed by atoms with Crippen molar-refractivity contribution in [3.05, 3.63) is 63.6 Å². The van der Waals surface area contributed by atoms with Crippen molar-refractivity contribution in [3.8, 4) is 5.75 Å². The summed E-state index contributed by atoms with van der Waals surface area (Å²) in [6, 6.07) is 13.8. The van der Waals surface area contributed by atoms with E-state index in [-0.39, 0.29) is 5.84 Å². The Hall–Kier alpha value is -2.05. The van der Waals surface area contributed by atoms with Gasteiger partial charge < -0.3 is 15.3 Å². The number of hydrogen-bond acceptors (Lipinski definition) is 4. The van der Waals surface area contributed by atoms with Crippen LogP contribution in [0.2, 0.25) is 5.02 Å². The van der Waals surface area contributed by atoms with Gasteiger partial charge in [0.25, 0.3) is 0 Å². The second-order valence-electron chi connectivity index (χ2n) is 4.61. The Kier molecular flexibility index (Phi) is 6.01. The van der Waals surface area contributed by atoms with Crippen LogP contribution in [0.3, 0.4) is 0 Å². The molecule has 5 nitrogen and oxygen atoms in total. The molecule has 0 amide bonds. The van der Waals surface area contributed by atoms with Gasteiger partial charge in [-0.15, -0.1) is 0 Å². The molecule has 0 aromatic heterocycles. The van der Waals surface area contributed by atoms with Gasteiger partial charge in [-0.25, -0.2) is 4.79 Å². The molecule has 0 saturated heterocycles. The largest absolute Gasteiger partial charge is 0.479 e. The van der Waals surface area contributed by atoms with Crippen LogP contribution >= 0.6 is 27.5 Å². The molecule has 23 heavy (non-hydrogen) atoms. The Balaban J connectivity index is 1.95. The van der Waals surface area contributed by atoms with Gasteiger partial charge in [0.2, 0.25) is 0 Å². The lowest BCUT2D eigenvalue weighted by Crippen LogP contribution is -2.26. The third-order valence-electron chi connectivity index (χ3n) is 2.81. The van der Waals surface area contributed by atoms with Gasteiger partial charge in [-0.1, -0.05) is 50.9 Å². The summed E-state index contributed by atoms with van der Waals surface area (Å²) in [7, 11) is 0. The molecule has 2 N–H and O–H groups in total. The molecule has 2 aromatic rings. The molecular formula is C16H14BrClN2O3. The van der Waals surface area contributed by atoms with E-state index in [4.69, 9.17) is 26.9 Å². The molecule has 0 spiro atoms. The molecule has 1 unspecified atom stereocenters. The monoisotopic (exact) mass is 396 g/mol. The van der Waals surface area contributed by atoms with Crippen molar-refractivity contribution >= 4 is 39.3 Å². The summed E-state index contributed by atoms with van der Waals surface area (Å²) in [6.45, 7) is 1.55. The van der Waals surface area contributed by atoms with Gasteiger partial charge in [-0.05, 0) is 37.3 Å². The van der Waals surface area contributed by atoms with Gasteiger partial charge in [0, 0.05) is 15.1 Å². The maximum atomic E-state index is 11.9. The van der Waals surface area contributed by atoms with E-state index in [1.54, 1.807) is 43.3 Å². The maximum absolute atomic E-state index is 11.9. The zero-order valence-electron chi connectivity index (χ0n) is 12.2. The highest BCUT2D eigenvalue weighted by Gasteiger charge is 2.17. The number of halogens is 2. The number of benzene rings is 2. The molecule has 0 radical (unpaired) electrons. The first-order valence-electron chi connectivity index (χ1n) is 6.68. The number of hydrogen-bond donors (Lipinski definition) is 1. The highest BCUT2D eigenvalue weighted by atomic mass is 79.9. The Bertz CT molecular complexity index is 720. The van der Waals surface area contributed by atoms with Crippen LogP contribution in [0.5, 0.6) is 5.75 Å². The molecule has 2 aromatic carbocycles. The van der Waals surface area contributed by atoms with Crippen molar-refractivity contribution < 1.29 is 14.4 Å². The maximum Gasteiger partial charge on any atom is 0.374 e. The minimum Gasteiger partial charge on any atom is -0.479 e. The van der Waals surface area contributed by atoms with Crippen molar-refractivity contribution in [2.45, 2.75) is 13.0 Å². The molecule has 0 bridgehead atoms. The first-order valence-corrected chi connectivity index (χ1v) is 7.85. The highest BCUT2D eigenvalue weighted by molar-refractivity contribution is 9.10. The molecule has 7 heteroatoms. The minimum atomic E-state index is -0.852. The quantitative estimate of drug-likeness (QED) is 0.361. The number of carbonyl (C=O) groups is 1. The van der Waals surface area contributed by atoms with Crippen molar-refractivity contribution in [1.29, 1.82) is 0 Å². The molecule has 2 rings (SSSR count). The van der Waals surface area contributed by atoms with Crippen LogP contribution in [0.25, 0.3) is 0 Å². The lowest BCUT2D eigenvalue weighted by molar-refractivity contribution is -0.151. The number of ether oxygens (including phenoxy) is 1. The van der Waals surface area contributed by atoms with Crippen LogP contribution in [0.15, 0.2) is 58.2 Å². The van der Waals surface area contributed by atoms with E-state index in [1.165, 1.54) is 0 Å². The second kappa shape index (κ2) is 7.99. The fourth-order valence-electron chi connectivity index (χ4n) is 1.63. The van der Waals surface area contributed by atoms with E-state index >= 15 is 0 Å². The molecule has 120 valence electrons. The van der Waals surface area contributed by atoms with Gasteiger partial charge in [0.1, 0.15) is 5.75 Å². The van der Waals surface area contributed by atoms with E-state index in [0.717, 1.165) is 4.47 Å². The number of nitrogens with two attached hydrogens (primary N) is 1. The third-order valence-corrected chi connectivity index (χ3v) is 3.58. The summed E-state index contributed by atoms with van der Waals surface area (Å²) in [5.74, 6) is -0.0994. The number of rotatable bonds is 5. The smallest absolute Gasteiger partial charge is 0.374 e. The Morgan fingerprint density at radius 3 is 2.61 bits per heavy atom. The Labute approximate surface area is 147 Å². The number of oxime groups is 1. The second-order valence-corrected chi connectivity index (χ2v) is 5.96. The standard InChI is InChI=1S/C16H14BrClN2O3/c1-10(22-14-4-2-3-13(18)9-14)16(21)23-20-15(19)11-5-7-12(17)8-6-11/h2-10H,1H3,(H2,19,20). The molecule has 0 fully saturated rings. The first kappa shape index (κ1) is 17.3. The Morgan fingerprint density at radius 2 is 1.96 bits per heavy atom. The van der Waals surface area contributed by atoms with Gasteiger partial charge >= 0.3 is 5.97 Å². The van der Waals surface area contributed by atoms with Crippen LogP contribution in [-0.2, 0) is 9.63 Å². The summed E-state index contributed by atoms with van der Waals surface area (Å²) >= 11 is 9.17. The van der Waals surface area contributed by atoms with Gasteiger partial charge in [-0.2, -0.15) is 0 Å².